The lowest BCUT2D eigenvalue weighted by Crippen LogP contribution is -2.30. The zero-order valence-corrected chi connectivity index (χ0v) is 72.2. The molecule has 19 heteroatoms. The topological polar surface area (TPSA) is 237 Å². The summed E-state index contributed by atoms with van der Waals surface area (Å²) in [7, 11) is -9.93. The highest BCUT2D eigenvalue weighted by atomic mass is 31.2. The van der Waals surface area contributed by atoms with E-state index in [0.29, 0.717) is 25.7 Å². The summed E-state index contributed by atoms with van der Waals surface area (Å²) >= 11 is 0. The van der Waals surface area contributed by atoms with Crippen LogP contribution in [0.15, 0.2) is 0 Å². The number of hydrogen-bond donors (Lipinski definition) is 3. The van der Waals surface area contributed by atoms with Crippen LogP contribution in [0, 0.1) is 11.8 Å². The van der Waals surface area contributed by atoms with E-state index < -0.39 is 97.5 Å². The molecule has 0 heterocycles. The molecule has 0 aromatic rings. The molecule has 0 spiro atoms. The van der Waals surface area contributed by atoms with E-state index >= 15 is 0 Å². The number of unbranched alkanes of at least 4 members (excludes halogenated alkanes) is 57. The van der Waals surface area contributed by atoms with Gasteiger partial charge in [0.2, 0.25) is 0 Å². The Hall–Kier alpha value is -1.94. The van der Waals surface area contributed by atoms with Crippen molar-refractivity contribution in [1.82, 2.24) is 0 Å². The Bertz CT molecular complexity index is 2050. The first-order valence-electron chi connectivity index (χ1n) is 45.5. The van der Waals surface area contributed by atoms with Crippen LogP contribution in [0.1, 0.15) is 472 Å². The Kier molecular flexibility index (Phi) is 77.9. The number of phosphoric acid groups is 2. The van der Waals surface area contributed by atoms with Gasteiger partial charge in [-0.15, -0.1) is 0 Å². The van der Waals surface area contributed by atoms with E-state index in [2.05, 4.69) is 41.5 Å². The molecule has 2 unspecified atom stereocenters. The average molecular weight is 1560 g/mol. The maximum absolute atomic E-state index is 13.2. The van der Waals surface area contributed by atoms with E-state index in [1.54, 1.807) is 0 Å². The standard InChI is InChI=1S/C88H172O17P2/c1-7-9-11-13-15-17-19-21-22-23-24-25-26-27-32-35-39-43-47-55-61-67-73-88(93)104-83(76-98-85(90)70-64-58-52-45-41-38-34-31-29-28-30-33-37-40-44-50-56-62-68-80(3)4)78-102-106(94,95)100-74-82(89)75-101-107(96,97)103-79-84(77-99-86(91)71-65-59-53-49-48-51-57-63-69-81(5)6)105-87(92)72-66-60-54-46-42-36-20-18-16-14-12-10-8-2/h80-84,89H,7-79H2,1-6H3,(H,94,95)(H,96,97)/t82-,83-,84-/m1/s1. The number of hydrogen-bond acceptors (Lipinski definition) is 15. The second kappa shape index (κ2) is 79.3. The fourth-order valence-electron chi connectivity index (χ4n) is 13.8. The van der Waals surface area contributed by atoms with Crippen LogP contribution in [0.5, 0.6) is 0 Å². The molecule has 0 rings (SSSR count). The molecular formula is C88H172O17P2. The van der Waals surface area contributed by atoms with Gasteiger partial charge >= 0.3 is 39.5 Å². The van der Waals surface area contributed by atoms with Crippen molar-refractivity contribution >= 4 is 39.5 Å². The zero-order valence-electron chi connectivity index (χ0n) is 70.5. The van der Waals surface area contributed by atoms with Crippen LogP contribution in [0.2, 0.25) is 0 Å². The van der Waals surface area contributed by atoms with E-state index in [0.717, 1.165) is 102 Å². The number of rotatable bonds is 87. The number of aliphatic hydroxyl groups excluding tert-OH is 1. The normalized spacial score (nSPS) is 13.8. The molecule has 0 bridgehead atoms. The molecule has 0 aliphatic carbocycles. The summed E-state index contributed by atoms with van der Waals surface area (Å²) in [6.07, 6.45) is 72.4. The number of aliphatic hydroxyl groups is 1. The van der Waals surface area contributed by atoms with E-state index in [4.69, 9.17) is 37.0 Å². The number of carbonyl (C=O) groups is 4. The van der Waals surface area contributed by atoms with Gasteiger partial charge in [0.25, 0.3) is 0 Å². The highest BCUT2D eigenvalue weighted by Crippen LogP contribution is 2.45. The summed E-state index contributed by atoms with van der Waals surface area (Å²) < 4.78 is 68.9. The van der Waals surface area contributed by atoms with Crippen molar-refractivity contribution in [3.8, 4) is 0 Å². The van der Waals surface area contributed by atoms with E-state index in [1.165, 1.54) is 289 Å². The summed E-state index contributed by atoms with van der Waals surface area (Å²) in [6.45, 7) is 9.68. The molecule has 0 saturated heterocycles. The smallest absolute Gasteiger partial charge is 0.462 e. The van der Waals surface area contributed by atoms with Gasteiger partial charge in [-0.1, -0.05) is 420 Å². The molecule has 0 saturated carbocycles. The minimum atomic E-state index is -4.97. The van der Waals surface area contributed by atoms with Gasteiger partial charge in [0.15, 0.2) is 12.2 Å². The predicted octanol–water partition coefficient (Wildman–Crippen LogP) is 27.0. The van der Waals surface area contributed by atoms with Crippen LogP contribution in [-0.4, -0.2) is 96.7 Å². The SMILES string of the molecule is CCCCCCCCCCCCCCCCCCCCCCCCC(=O)O[C@H](COC(=O)CCCCCCCCCCCCCCCCCCCCC(C)C)COP(=O)(O)OC[C@@H](O)COP(=O)(O)OC[C@@H](COC(=O)CCCCCCCCCCC(C)C)OC(=O)CCCCCCCCCCCCCCC. The zero-order chi connectivity index (χ0) is 78.5. The van der Waals surface area contributed by atoms with Gasteiger partial charge in [0, 0.05) is 25.7 Å². The van der Waals surface area contributed by atoms with Crippen LogP contribution >= 0.6 is 15.6 Å². The highest BCUT2D eigenvalue weighted by molar-refractivity contribution is 7.47. The lowest BCUT2D eigenvalue weighted by Gasteiger charge is -2.21. The number of ether oxygens (including phenoxy) is 4. The van der Waals surface area contributed by atoms with Crippen molar-refractivity contribution in [2.75, 3.05) is 39.6 Å². The maximum atomic E-state index is 13.2. The third kappa shape index (κ3) is 81.9. The molecular weight excluding hydrogens is 1390 g/mol. The molecule has 0 aliphatic heterocycles. The summed E-state index contributed by atoms with van der Waals surface area (Å²) in [5, 5.41) is 10.7. The molecule has 0 radical (unpaired) electrons. The molecule has 0 aliphatic rings. The summed E-state index contributed by atoms with van der Waals surface area (Å²) in [4.78, 5) is 73.2. The number of phosphoric ester groups is 2. The van der Waals surface area contributed by atoms with Crippen LogP contribution in [-0.2, 0) is 65.4 Å². The highest BCUT2D eigenvalue weighted by Gasteiger charge is 2.30. The van der Waals surface area contributed by atoms with Gasteiger partial charge in [0.1, 0.15) is 19.3 Å². The maximum Gasteiger partial charge on any atom is 0.472 e. The minimum absolute atomic E-state index is 0.107. The average Bonchev–Trinajstić information content (AvgIpc) is 0.913. The van der Waals surface area contributed by atoms with Gasteiger partial charge in [-0.25, -0.2) is 9.13 Å². The largest absolute Gasteiger partial charge is 0.472 e. The van der Waals surface area contributed by atoms with Gasteiger partial charge < -0.3 is 33.8 Å². The quantitative estimate of drug-likeness (QED) is 0.0222. The molecule has 107 heavy (non-hydrogen) atoms. The molecule has 0 fully saturated rings. The summed E-state index contributed by atoms with van der Waals surface area (Å²) in [5.74, 6) is -0.551. The van der Waals surface area contributed by atoms with Crippen LogP contribution in [0.4, 0.5) is 0 Å². The van der Waals surface area contributed by atoms with Gasteiger partial charge in [-0.05, 0) is 37.5 Å². The van der Waals surface area contributed by atoms with E-state index in [9.17, 15) is 43.2 Å². The first kappa shape index (κ1) is 105. The third-order valence-corrected chi connectivity index (χ3v) is 22.6. The van der Waals surface area contributed by atoms with Crippen molar-refractivity contribution in [3.05, 3.63) is 0 Å². The Labute approximate surface area is 658 Å². The Morgan fingerprint density at radius 2 is 0.430 bits per heavy atom. The van der Waals surface area contributed by atoms with E-state index in [-0.39, 0.29) is 25.7 Å². The molecule has 0 amide bonds. The van der Waals surface area contributed by atoms with Crippen molar-refractivity contribution in [3.63, 3.8) is 0 Å². The van der Waals surface area contributed by atoms with Gasteiger partial charge in [-0.3, -0.25) is 37.3 Å². The van der Waals surface area contributed by atoms with Crippen molar-refractivity contribution in [2.45, 2.75) is 490 Å². The van der Waals surface area contributed by atoms with Gasteiger partial charge in [0.05, 0.1) is 26.4 Å². The lowest BCUT2D eigenvalue weighted by atomic mass is 10.0. The fourth-order valence-corrected chi connectivity index (χ4v) is 15.4. The summed E-state index contributed by atoms with van der Waals surface area (Å²) in [5.41, 5.74) is 0. The van der Waals surface area contributed by atoms with Crippen LogP contribution in [0.3, 0.4) is 0 Å². The van der Waals surface area contributed by atoms with Crippen LogP contribution in [0.25, 0.3) is 0 Å². The van der Waals surface area contributed by atoms with Crippen molar-refractivity contribution in [2.24, 2.45) is 11.8 Å². The molecule has 0 aromatic carbocycles. The molecule has 17 nitrogen and oxygen atoms in total. The van der Waals surface area contributed by atoms with E-state index in [1.807, 2.05) is 0 Å². The van der Waals surface area contributed by atoms with Crippen molar-refractivity contribution in [1.29, 1.82) is 0 Å². The first-order valence-corrected chi connectivity index (χ1v) is 48.5. The second-order valence-electron chi connectivity index (χ2n) is 32.6. The third-order valence-electron chi connectivity index (χ3n) is 20.7. The number of esters is 4. The number of carbonyl (C=O) groups excluding carboxylic acids is 4. The minimum Gasteiger partial charge on any atom is -0.462 e. The van der Waals surface area contributed by atoms with Crippen molar-refractivity contribution < 1.29 is 80.2 Å². The summed E-state index contributed by atoms with van der Waals surface area (Å²) in [6, 6.07) is 0. The van der Waals surface area contributed by atoms with Crippen LogP contribution < -0.4 is 0 Å². The fraction of sp³-hybridized carbons (Fsp3) is 0.955. The Balaban J connectivity index is 5.21. The first-order chi connectivity index (χ1) is 51.9. The molecule has 5 atom stereocenters. The monoisotopic (exact) mass is 1560 g/mol. The Morgan fingerprint density at radius 3 is 0.636 bits per heavy atom. The predicted molar refractivity (Wildman–Crippen MR) is 442 cm³/mol. The van der Waals surface area contributed by atoms with Gasteiger partial charge in [-0.2, -0.15) is 0 Å². The second-order valence-corrected chi connectivity index (χ2v) is 35.5. The lowest BCUT2D eigenvalue weighted by molar-refractivity contribution is -0.161. The molecule has 0 aromatic heterocycles. The Morgan fingerprint density at radius 1 is 0.252 bits per heavy atom. The molecule has 636 valence electrons. The molecule has 3 N–H and O–H groups in total.